The third kappa shape index (κ3) is 32.2. The molecule has 0 aromatic heterocycles. The molecule has 25 heavy (non-hydrogen) atoms. The fourth-order valence-corrected chi connectivity index (χ4v) is 3.53. The van der Waals surface area contributed by atoms with Gasteiger partial charge in [0, 0.05) is 5.97 Å². The fourth-order valence-electron chi connectivity index (χ4n) is 2.52. The van der Waals surface area contributed by atoms with Crippen LogP contribution in [0.15, 0.2) is 12.2 Å². The van der Waals surface area contributed by atoms with Gasteiger partial charge in [0.15, 0.2) is 0 Å². The summed E-state index contributed by atoms with van der Waals surface area (Å²) in [5.41, 5.74) is 0. The molecular weight excluding hydrogens is 415 g/mol. The number of carboxylic acids is 1. The molecule has 0 atom stereocenters. The van der Waals surface area contributed by atoms with Crippen molar-refractivity contribution < 1.29 is 9.90 Å². The molecule has 0 amide bonds. The molecule has 0 unspecified atom stereocenters. The molecule has 0 N–H and O–H groups in total. The van der Waals surface area contributed by atoms with Crippen LogP contribution < -0.4 is 5.11 Å². The molecule has 146 valence electrons. The van der Waals surface area contributed by atoms with Crippen LogP contribution in [0.2, 0.25) is 4.44 Å². The molecular formula is C22H42O2Sn. The fraction of sp³-hybridized carbons (Fsp3) is 0.864. The van der Waals surface area contributed by atoms with Crippen molar-refractivity contribution in [1.82, 2.24) is 0 Å². The van der Waals surface area contributed by atoms with Gasteiger partial charge in [0.1, 0.15) is 0 Å². The van der Waals surface area contributed by atoms with Gasteiger partial charge in [0.05, 0.1) is 0 Å². The summed E-state index contributed by atoms with van der Waals surface area (Å²) in [4.78, 5) is 10.2. The van der Waals surface area contributed by atoms with Crippen LogP contribution in [0.5, 0.6) is 0 Å². The standard InChI is InChI=1S/C18H34O2.C4H9.Sn/c1-2-3-4-5-6-7-8-9-10-11-12-13-14-15-16-17-18(19)20;1-3-4-2;/h9-10H,2-8,11-17H2,1H3,(H,19,20);1,3-4H2,2H3;/q;;+1/p-1/b10-9-;;. The molecule has 0 aliphatic rings. The van der Waals surface area contributed by atoms with Gasteiger partial charge in [-0.3, -0.25) is 0 Å². The van der Waals surface area contributed by atoms with Crippen LogP contribution in [0.4, 0.5) is 0 Å². The number of carbonyl (C=O) groups is 1. The van der Waals surface area contributed by atoms with Crippen molar-refractivity contribution in [2.45, 2.75) is 121 Å². The Kier molecular flexibility index (Phi) is 28.6. The van der Waals surface area contributed by atoms with Gasteiger partial charge in [-0.25, -0.2) is 0 Å². The Hall–Kier alpha value is 0.00870. The summed E-state index contributed by atoms with van der Waals surface area (Å²) >= 11 is 1.68. The second-order valence-electron chi connectivity index (χ2n) is 6.81. The predicted octanol–water partition coefficient (Wildman–Crippen LogP) is 6.15. The molecule has 2 radical (unpaired) electrons. The van der Waals surface area contributed by atoms with Crippen molar-refractivity contribution in [2.24, 2.45) is 0 Å². The Bertz CT molecular complexity index is 275. The zero-order valence-corrected chi connectivity index (χ0v) is 19.8. The third-order valence-electron chi connectivity index (χ3n) is 4.17. The van der Waals surface area contributed by atoms with E-state index in [2.05, 4.69) is 26.0 Å². The first kappa shape index (κ1) is 27.2. The van der Waals surface area contributed by atoms with E-state index in [0.29, 0.717) is 0 Å². The van der Waals surface area contributed by atoms with Crippen LogP contribution in [-0.4, -0.2) is 28.5 Å². The van der Waals surface area contributed by atoms with Crippen LogP contribution in [0, 0.1) is 0 Å². The van der Waals surface area contributed by atoms with E-state index < -0.39 is 5.97 Å². The van der Waals surface area contributed by atoms with Crippen molar-refractivity contribution in [1.29, 1.82) is 0 Å². The average Bonchev–Trinajstić information content (AvgIpc) is 2.59. The maximum absolute atomic E-state index is 10.2. The summed E-state index contributed by atoms with van der Waals surface area (Å²) in [5, 5.41) is 10.2. The molecule has 0 aromatic rings. The first-order chi connectivity index (χ1) is 12.2. The Labute approximate surface area is 171 Å². The third-order valence-corrected chi connectivity index (χ3v) is 5.18. The van der Waals surface area contributed by atoms with Crippen LogP contribution in [0.3, 0.4) is 0 Å². The predicted molar refractivity (Wildman–Crippen MR) is 110 cm³/mol. The Morgan fingerprint density at radius 3 is 1.56 bits per heavy atom. The Morgan fingerprint density at radius 1 is 0.720 bits per heavy atom. The van der Waals surface area contributed by atoms with Gasteiger partial charge in [-0.2, -0.15) is 0 Å². The topological polar surface area (TPSA) is 40.1 Å². The van der Waals surface area contributed by atoms with Gasteiger partial charge < -0.3 is 9.90 Å². The van der Waals surface area contributed by atoms with Crippen molar-refractivity contribution in [2.75, 3.05) is 0 Å². The summed E-state index contributed by atoms with van der Waals surface area (Å²) in [7, 11) is 0. The Morgan fingerprint density at radius 2 is 1.16 bits per heavy atom. The number of carboxylic acid groups (broad SMARTS) is 1. The van der Waals surface area contributed by atoms with Gasteiger partial charge in [-0.1, -0.05) is 70.4 Å². The number of carbonyl (C=O) groups excluding carboxylic acids is 1. The van der Waals surface area contributed by atoms with Gasteiger partial charge in [-0.15, -0.1) is 0 Å². The number of hydrogen-bond acceptors (Lipinski definition) is 2. The second kappa shape index (κ2) is 26.2. The van der Waals surface area contributed by atoms with Gasteiger partial charge in [0.25, 0.3) is 0 Å². The van der Waals surface area contributed by atoms with Gasteiger partial charge in [-0.05, 0) is 38.5 Å². The van der Waals surface area contributed by atoms with Crippen molar-refractivity contribution in [3.05, 3.63) is 12.2 Å². The number of rotatable bonds is 17. The number of allylic oxidation sites excluding steroid dienone is 2. The zero-order chi connectivity index (χ0) is 19.0. The van der Waals surface area contributed by atoms with Crippen LogP contribution >= 0.6 is 0 Å². The SMILES string of the molecule is CCCCCCCC/C=C\CCCCCCCC(=O)[O-].CCC[CH2][Sn+]. The molecule has 0 aliphatic carbocycles. The molecule has 0 fully saturated rings. The van der Waals surface area contributed by atoms with E-state index in [1.807, 2.05) is 0 Å². The van der Waals surface area contributed by atoms with E-state index in [4.69, 9.17) is 0 Å². The first-order valence-electron chi connectivity index (χ1n) is 10.7. The average molecular weight is 457 g/mol. The molecule has 2 nitrogen and oxygen atoms in total. The van der Waals surface area contributed by atoms with Crippen molar-refractivity contribution in [3.63, 3.8) is 0 Å². The maximum atomic E-state index is 10.2. The van der Waals surface area contributed by atoms with Crippen LogP contribution in [-0.2, 0) is 4.79 Å². The molecule has 0 heterocycles. The van der Waals surface area contributed by atoms with Crippen molar-refractivity contribution >= 4 is 28.5 Å². The van der Waals surface area contributed by atoms with E-state index in [1.165, 1.54) is 81.5 Å². The van der Waals surface area contributed by atoms with Crippen LogP contribution in [0.25, 0.3) is 0 Å². The van der Waals surface area contributed by atoms with Gasteiger partial charge >= 0.3 is 46.7 Å². The number of unbranched alkanes of at least 4 members (excludes halogenated alkanes) is 12. The van der Waals surface area contributed by atoms with E-state index in [-0.39, 0.29) is 6.42 Å². The van der Waals surface area contributed by atoms with Crippen LogP contribution in [0.1, 0.15) is 117 Å². The van der Waals surface area contributed by atoms with E-state index in [9.17, 15) is 9.90 Å². The molecule has 3 heteroatoms. The van der Waals surface area contributed by atoms with Crippen molar-refractivity contribution in [3.8, 4) is 0 Å². The van der Waals surface area contributed by atoms with E-state index in [1.54, 1.807) is 22.5 Å². The molecule has 0 spiro atoms. The number of aliphatic carboxylic acids is 1. The molecule has 0 rings (SSSR count). The van der Waals surface area contributed by atoms with E-state index in [0.717, 1.165) is 19.3 Å². The first-order valence-corrected chi connectivity index (χ1v) is 12.7. The molecule has 0 aliphatic heterocycles. The zero-order valence-electron chi connectivity index (χ0n) is 17.0. The minimum atomic E-state index is -0.914. The molecule has 0 bridgehead atoms. The second-order valence-corrected chi connectivity index (χ2v) is 8.24. The molecule has 0 aromatic carbocycles. The summed E-state index contributed by atoms with van der Waals surface area (Å²) in [6.45, 7) is 4.48. The number of hydrogen-bond donors (Lipinski definition) is 0. The summed E-state index contributed by atoms with van der Waals surface area (Å²) in [6.07, 6.45) is 23.7. The van der Waals surface area contributed by atoms with E-state index >= 15 is 0 Å². The Balaban J connectivity index is 0. The minimum absolute atomic E-state index is 0.220. The summed E-state index contributed by atoms with van der Waals surface area (Å²) in [6, 6.07) is 0. The van der Waals surface area contributed by atoms with Gasteiger partial charge in [0.2, 0.25) is 0 Å². The normalized spacial score (nSPS) is 10.6. The molecule has 0 saturated carbocycles. The summed E-state index contributed by atoms with van der Waals surface area (Å²) in [5.74, 6) is -0.914. The summed E-state index contributed by atoms with van der Waals surface area (Å²) < 4.78 is 1.43. The quantitative estimate of drug-likeness (QED) is 0.149. The monoisotopic (exact) mass is 458 g/mol. The molecule has 0 saturated heterocycles.